The SMILES string of the molecule is Cc1cccc(CN2CC(=O)CC2=O)c1. The van der Waals surface area contributed by atoms with Crippen LogP contribution in [0.15, 0.2) is 24.3 Å². The highest BCUT2D eigenvalue weighted by Crippen LogP contribution is 2.12. The minimum atomic E-state index is -0.0542. The maximum atomic E-state index is 11.4. The maximum Gasteiger partial charge on any atom is 0.230 e. The molecule has 3 heteroatoms. The molecule has 1 amide bonds. The van der Waals surface area contributed by atoms with Crippen molar-refractivity contribution in [2.75, 3.05) is 6.54 Å². The van der Waals surface area contributed by atoms with Crippen LogP contribution in [0.5, 0.6) is 0 Å². The van der Waals surface area contributed by atoms with Crippen molar-refractivity contribution in [3.8, 4) is 0 Å². The smallest absolute Gasteiger partial charge is 0.230 e. The van der Waals surface area contributed by atoms with E-state index in [4.69, 9.17) is 0 Å². The van der Waals surface area contributed by atoms with E-state index in [2.05, 4.69) is 0 Å². The third-order valence-corrected chi connectivity index (χ3v) is 2.52. The standard InChI is InChI=1S/C12H13NO2/c1-9-3-2-4-10(5-9)7-13-8-11(14)6-12(13)15/h2-5H,6-8H2,1H3. The molecular weight excluding hydrogens is 190 g/mol. The molecule has 1 heterocycles. The van der Waals surface area contributed by atoms with Gasteiger partial charge in [0.15, 0.2) is 5.78 Å². The molecule has 0 saturated carbocycles. The van der Waals surface area contributed by atoms with Gasteiger partial charge in [-0.3, -0.25) is 9.59 Å². The van der Waals surface area contributed by atoms with E-state index in [0.29, 0.717) is 6.54 Å². The number of carbonyl (C=O) groups is 2. The van der Waals surface area contributed by atoms with E-state index >= 15 is 0 Å². The van der Waals surface area contributed by atoms with Gasteiger partial charge in [-0.1, -0.05) is 29.8 Å². The van der Waals surface area contributed by atoms with Crippen LogP contribution >= 0.6 is 0 Å². The molecule has 1 saturated heterocycles. The first-order chi connectivity index (χ1) is 7.15. The number of ketones is 1. The number of hydrogen-bond acceptors (Lipinski definition) is 2. The molecular formula is C12H13NO2. The maximum absolute atomic E-state index is 11.4. The molecule has 1 aromatic carbocycles. The summed E-state index contributed by atoms with van der Waals surface area (Å²) in [5, 5.41) is 0. The molecule has 78 valence electrons. The number of amides is 1. The summed E-state index contributed by atoms with van der Waals surface area (Å²) in [6.45, 7) is 2.83. The molecule has 1 aromatic rings. The van der Waals surface area contributed by atoms with Crippen molar-refractivity contribution in [3.63, 3.8) is 0 Å². The van der Waals surface area contributed by atoms with Gasteiger partial charge in [0, 0.05) is 6.54 Å². The highest BCUT2D eigenvalue weighted by molar-refractivity contribution is 6.05. The van der Waals surface area contributed by atoms with Crippen LogP contribution in [0.3, 0.4) is 0 Å². The molecule has 1 aliphatic rings. The summed E-state index contributed by atoms with van der Waals surface area (Å²) in [5.41, 5.74) is 2.25. The first-order valence-corrected chi connectivity index (χ1v) is 5.00. The van der Waals surface area contributed by atoms with Gasteiger partial charge >= 0.3 is 0 Å². The third-order valence-electron chi connectivity index (χ3n) is 2.52. The lowest BCUT2D eigenvalue weighted by Gasteiger charge is -2.14. The van der Waals surface area contributed by atoms with Crippen LogP contribution in [0.25, 0.3) is 0 Å². The number of nitrogens with zero attached hydrogens (tertiary/aromatic N) is 1. The summed E-state index contributed by atoms with van der Waals surface area (Å²) in [5.74, 6) is -0.0332. The molecule has 0 bridgehead atoms. The van der Waals surface area contributed by atoms with Crippen molar-refractivity contribution in [1.82, 2.24) is 4.90 Å². The van der Waals surface area contributed by atoms with Crippen LogP contribution in [0.2, 0.25) is 0 Å². The fourth-order valence-electron chi connectivity index (χ4n) is 1.81. The minimum Gasteiger partial charge on any atom is -0.331 e. The Morgan fingerprint density at radius 2 is 2.13 bits per heavy atom. The third kappa shape index (κ3) is 2.24. The number of aryl methyl sites for hydroxylation is 1. The monoisotopic (exact) mass is 203 g/mol. The molecule has 3 nitrogen and oxygen atoms in total. The van der Waals surface area contributed by atoms with Crippen LogP contribution in [-0.4, -0.2) is 23.1 Å². The lowest BCUT2D eigenvalue weighted by atomic mass is 10.1. The highest BCUT2D eigenvalue weighted by Gasteiger charge is 2.26. The summed E-state index contributed by atoms with van der Waals surface area (Å²) < 4.78 is 0. The number of hydrogen-bond donors (Lipinski definition) is 0. The van der Waals surface area contributed by atoms with Crippen molar-refractivity contribution in [2.24, 2.45) is 0 Å². The van der Waals surface area contributed by atoms with Crippen molar-refractivity contribution in [1.29, 1.82) is 0 Å². The predicted octanol–water partition coefficient (Wildman–Crippen LogP) is 1.30. The van der Waals surface area contributed by atoms with Gasteiger partial charge in [0.1, 0.15) is 0 Å². The van der Waals surface area contributed by atoms with Crippen LogP contribution in [0.4, 0.5) is 0 Å². The molecule has 0 unspecified atom stereocenters. The Morgan fingerprint density at radius 1 is 1.33 bits per heavy atom. The van der Waals surface area contributed by atoms with Gasteiger partial charge in [-0.2, -0.15) is 0 Å². The molecule has 1 fully saturated rings. The molecule has 0 aliphatic carbocycles. The van der Waals surface area contributed by atoms with Crippen molar-refractivity contribution in [3.05, 3.63) is 35.4 Å². The van der Waals surface area contributed by atoms with Crippen LogP contribution in [0, 0.1) is 6.92 Å². The van der Waals surface area contributed by atoms with Gasteiger partial charge in [-0.05, 0) is 12.5 Å². The first-order valence-electron chi connectivity index (χ1n) is 5.00. The number of rotatable bonds is 2. The fraction of sp³-hybridized carbons (Fsp3) is 0.333. The van der Waals surface area contributed by atoms with Gasteiger partial charge in [-0.25, -0.2) is 0 Å². The van der Waals surface area contributed by atoms with Gasteiger partial charge < -0.3 is 4.90 Å². The zero-order valence-electron chi connectivity index (χ0n) is 8.69. The number of carbonyl (C=O) groups excluding carboxylic acids is 2. The van der Waals surface area contributed by atoms with Gasteiger partial charge in [0.25, 0.3) is 0 Å². The van der Waals surface area contributed by atoms with Crippen LogP contribution in [-0.2, 0) is 16.1 Å². The van der Waals surface area contributed by atoms with Gasteiger partial charge in [0.05, 0.1) is 13.0 Å². The lowest BCUT2D eigenvalue weighted by Crippen LogP contribution is -2.24. The lowest BCUT2D eigenvalue weighted by molar-refractivity contribution is -0.128. The summed E-state index contributed by atoms with van der Waals surface area (Å²) in [6, 6.07) is 7.99. The Hall–Kier alpha value is -1.64. The topological polar surface area (TPSA) is 37.4 Å². The molecule has 0 N–H and O–H groups in total. The Balaban J connectivity index is 2.09. The number of Topliss-reactive ketones (excluding diaryl/α,β-unsaturated/α-hetero) is 1. The molecule has 0 radical (unpaired) electrons. The molecule has 0 spiro atoms. The van der Waals surface area contributed by atoms with Crippen LogP contribution in [0.1, 0.15) is 17.5 Å². The molecule has 15 heavy (non-hydrogen) atoms. The highest BCUT2D eigenvalue weighted by atomic mass is 16.2. The van der Waals surface area contributed by atoms with E-state index in [1.165, 1.54) is 5.56 Å². The van der Waals surface area contributed by atoms with Crippen molar-refractivity contribution < 1.29 is 9.59 Å². The minimum absolute atomic E-state index is 0.0210. The summed E-state index contributed by atoms with van der Waals surface area (Å²) >= 11 is 0. The van der Waals surface area contributed by atoms with Gasteiger partial charge in [0.2, 0.25) is 5.91 Å². The average molecular weight is 203 g/mol. The molecule has 1 aliphatic heterocycles. The second kappa shape index (κ2) is 3.85. The van der Waals surface area contributed by atoms with E-state index in [1.54, 1.807) is 4.90 Å². The zero-order valence-corrected chi connectivity index (χ0v) is 8.69. The van der Waals surface area contributed by atoms with Gasteiger partial charge in [-0.15, -0.1) is 0 Å². The summed E-state index contributed by atoms with van der Waals surface area (Å²) in [4.78, 5) is 24.0. The van der Waals surface area contributed by atoms with E-state index in [0.717, 1.165) is 5.56 Å². The predicted molar refractivity (Wildman–Crippen MR) is 56.2 cm³/mol. The second-order valence-corrected chi connectivity index (χ2v) is 3.95. The van der Waals surface area contributed by atoms with Crippen LogP contribution < -0.4 is 0 Å². The van der Waals surface area contributed by atoms with E-state index in [-0.39, 0.29) is 24.7 Å². The first kappa shape index (κ1) is 9.90. The fourth-order valence-corrected chi connectivity index (χ4v) is 1.81. The second-order valence-electron chi connectivity index (χ2n) is 3.95. The molecule has 2 rings (SSSR count). The summed E-state index contributed by atoms with van der Waals surface area (Å²) in [6.07, 6.45) is 0.0752. The molecule has 0 atom stereocenters. The Labute approximate surface area is 88.7 Å². The molecule has 0 aromatic heterocycles. The zero-order chi connectivity index (χ0) is 10.8. The normalized spacial score (nSPS) is 16.2. The largest absolute Gasteiger partial charge is 0.331 e. The Bertz CT molecular complexity index is 412. The number of likely N-dealkylation sites (tertiary alicyclic amines) is 1. The van der Waals surface area contributed by atoms with E-state index in [9.17, 15) is 9.59 Å². The van der Waals surface area contributed by atoms with E-state index < -0.39 is 0 Å². The average Bonchev–Trinajstić information content (AvgIpc) is 2.45. The van der Waals surface area contributed by atoms with E-state index in [1.807, 2.05) is 31.2 Å². The number of benzene rings is 1. The van der Waals surface area contributed by atoms with Crippen molar-refractivity contribution >= 4 is 11.7 Å². The van der Waals surface area contributed by atoms with Crippen molar-refractivity contribution in [2.45, 2.75) is 19.9 Å². The summed E-state index contributed by atoms with van der Waals surface area (Å²) in [7, 11) is 0. The Kier molecular flexibility index (Phi) is 2.54. The quantitative estimate of drug-likeness (QED) is 0.679. The Morgan fingerprint density at radius 3 is 2.73 bits per heavy atom.